The van der Waals surface area contributed by atoms with Crippen LogP contribution in [0.15, 0.2) is 41.6 Å². The van der Waals surface area contributed by atoms with Gasteiger partial charge in [-0.25, -0.2) is 0 Å². The van der Waals surface area contributed by atoms with Gasteiger partial charge in [0.1, 0.15) is 6.61 Å². The van der Waals surface area contributed by atoms with Crippen LogP contribution in [-0.2, 0) is 9.57 Å². The predicted molar refractivity (Wildman–Crippen MR) is 105 cm³/mol. The van der Waals surface area contributed by atoms with E-state index in [4.69, 9.17) is 26.6 Å². The maximum absolute atomic E-state index is 12.2. The topological polar surface area (TPSA) is 87.0 Å². The molecule has 2 atom stereocenters. The van der Waals surface area contributed by atoms with Crippen LogP contribution in [0.2, 0.25) is 4.34 Å². The van der Waals surface area contributed by atoms with Crippen LogP contribution in [0.1, 0.15) is 21.2 Å². The summed E-state index contributed by atoms with van der Waals surface area (Å²) in [5, 5.41) is 14.6. The van der Waals surface area contributed by atoms with E-state index in [2.05, 4.69) is 10.5 Å². The van der Waals surface area contributed by atoms with Crippen molar-refractivity contribution in [2.24, 2.45) is 5.16 Å². The monoisotopic (exact) mass is 404 g/mol. The zero-order valence-electron chi connectivity index (χ0n) is 14.2. The van der Waals surface area contributed by atoms with Crippen molar-refractivity contribution < 1.29 is 14.4 Å². The molecule has 1 saturated heterocycles. The number of amides is 1. The van der Waals surface area contributed by atoms with Crippen molar-refractivity contribution in [2.75, 3.05) is 24.6 Å². The Labute approximate surface area is 165 Å². The van der Waals surface area contributed by atoms with Crippen LogP contribution in [0.5, 0.6) is 0 Å². The van der Waals surface area contributed by atoms with Gasteiger partial charge in [0.2, 0.25) is 0 Å². The van der Waals surface area contributed by atoms with Crippen LogP contribution in [0.4, 0.5) is 5.69 Å². The Kier molecular flexibility index (Phi) is 5.00. The standard InChI is InChI=1S/C18H17ClN4O3S/c19-16-6-5-15(27-16)17(24)21-10-14-13(9-22-26-14)11-1-3-12(4-2-11)23-7-8-25-18(23)20/h1-6,9,13-14,20H,7-8,10H2,(H,21,24). The molecule has 1 fully saturated rings. The second-order valence-corrected chi connectivity index (χ2v) is 7.85. The van der Waals surface area contributed by atoms with Crippen molar-refractivity contribution in [3.05, 3.63) is 51.2 Å². The van der Waals surface area contributed by atoms with Gasteiger partial charge in [-0.2, -0.15) is 0 Å². The van der Waals surface area contributed by atoms with E-state index in [0.29, 0.717) is 28.9 Å². The highest BCUT2D eigenvalue weighted by molar-refractivity contribution is 7.17. The van der Waals surface area contributed by atoms with Gasteiger partial charge in [-0.05, 0) is 29.8 Å². The lowest BCUT2D eigenvalue weighted by atomic mass is 9.94. The second kappa shape index (κ2) is 7.58. The first-order valence-electron chi connectivity index (χ1n) is 8.43. The number of hydrogen-bond acceptors (Lipinski definition) is 6. The minimum atomic E-state index is -0.274. The highest BCUT2D eigenvalue weighted by Crippen LogP contribution is 2.28. The van der Waals surface area contributed by atoms with Crippen molar-refractivity contribution in [2.45, 2.75) is 12.0 Å². The van der Waals surface area contributed by atoms with Crippen LogP contribution in [0.25, 0.3) is 0 Å². The van der Waals surface area contributed by atoms with Gasteiger partial charge < -0.3 is 14.9 Å². The minimum absolute atomic E-state index is 0.0550. The van der Waals surface area contributed by atoms with E-state index in [-0.39, 0.29) is 24.0 Å². The van der Waals surface area contributed by atoms with Crippen LogP contribution in [-0.4, -0.2) is 43.9 Å². The molecule has 0 bridgehead atoms. The maximum atomic E-state index is 12.2. The molecule has 3 heterocycles. The Bertz CT molecular complexity index is 883. The summed E-state index contributed by atoms with van der Waals surface area (Å²) in [6, 6.07) is 11.4. The molecule has 140 valence electrons. The molecule has 2 aliphatic heterocycles. The van der Waals surface area contributed by atoms with Crippen molar-refractivity contribution in [3.8, 4) is 0 Å². The number of carbonyl (C=O) groups excluding carboxylic acids is 1. The number of amidine groups is 1. The van der Waals surface area contributed by atoms with E-state index < -0.39 is 0 Å². The van der Waals surface area contributed by atoms with Gasteiger partial charge in [-0.3, -0.25) is 15.1 Å². The fourth-order valence-electron chi connectivity index (χ4n) is 3.06. The number of nitrogens with one attached hydrogen (secondary N) is 2. The lowest BCUT2D eigenvalue weighted by molar-refractivity contribution is 0.0695. The molecule has 2 aliphatic rings. The molecule has 1 aromatic carbocycles. The number of rotatable bonds is 5. The van der Waals surface area contributed by atoms with Gasteiger partial charge in [-0.1, -0.05) is 28.9 Å². The van der Waals surface area contributed by atoms with Crippen LogP contribution in [0, 0.1) is 5.41 Å². The van der Waals surface area contributed by atoms with E-state index in [0.717, 1.165) is 11.3 Å². The molecule has 0 aliphatic carbocycles. The van der Waals surface area contributed by atoms with Crippen molar-refractivity contribution in [3.63, 3.8) is 0 Å². The molecule has 27 heavy (non-hydrogen) atoms. The number of ether oxygens (including phenoxy) is 1. The van der Waals surface area contributed by atoms with Gasteiger partial charge in [0.25, 0.3) is 11.9 Å². The number of benzene rings is 1. The molecule has 1 aromatic heterocycles. The molecule has 9 heteroatoms. The smallest absolute Gasteiger partial charge is 0.289 e. The van der Waals surface area contributed by atoms with E-state index in [1.807, 2.05) is 29.2 Å². The zero-order chi connectivity index (χ0) is 18.8. The van der Waals surface area contributed by atoms with Crippen LogP contribution >= 0.6 is 22.9 Å². The number of hydrogen-bond donors (Lipinski definition) is 2. The average Bonchev–Trinajstić information content (AvgIpc) is 3.41. The summed E-state index contributed by atoms with van der Waals surface area (Å²) in [4.78, 5) is 20.0. The molecule has 4 rings (SSSR count). The van der Waals surface area contributed by atoms with Crippen molar-refractivity contribution in [1.82, 2.24) is 5.32 Å². The molecule has 2 N–H and O–H groups in total. The number of carbonyl (C=O) groups is 1. The zero-order valence-corrected chi connectivity index (χ0v) is 15.8. The van der Waals surface area contributed by atoms with Crippen LogP contribution in [0.3, 0.4) is 0 Å². The third kappa shape index (κ3) is 3.77. The third-order valence-electron chi connectivity index (χ3n) is 4.47. The largest absolute Gasteiger partial charge is 0.463 e. The number of anilines is 1. The summed E-state index contributed by atoms with van der Waals surface area (Å²) in [6.45, 7) is 1.54. The second-order valence-electron chi connectivity index (χ2n) is 6.13. The Morgan fingerprint density at radius 2 is 2.15 bits per heavy atom. The fourth-order valence-corrected chi connectivity index (χ4v) is 4.02. The first-order valence-corrected chi connectivity index (χ1v) is 9.63. The lowest BCUT2D eigenvalue weighted by Gasteiger charge is -2.19. The van der Waals surface area contributed by atoms with Crippen molar-refractivity contribution >= 4 is 46.8 Å². The highest BCUT2D eigenvalue weighted by atomic mass is 35.5. The third-order valence-corrected chi connectivity index (χ3v) is 5.70. The van der Waals surface area contributed by atoms with Gasteiger partial charge >= 0.3 is 0 Å². The molecule has 1 amide bonds. The summed E-state index contributed by atoms with van der Waals surface area (Å²) < 4.78 is 5.76. The summed E-state index contributed by atoms with van der Waals surface area (Å²) in [6.07, 6.45) is 1.47. The highest BCUT2D eigenvalue weighted by Gasteiger charge is 2.29. The SMILES string of the molecule is N=C1OCCN1c1ccc(C2C=NOC2CNC(=O)c2ccc(Cl)s2)cc1. The molecular weight excluding hydrogens is 388 g/mol. The molecule has 2 aromatic rings. The van der Waals surface area contributed by atoms with Gasteiger partial charge in [0.05, 0.1) is 34.4 Å². The first kappa shape index (κ1) is 17.8. The molecule has 0 radical (unpaired) electrons. The minimum Gasteiger partial charge on any atom is -0.463 e. The molecule has 0 saturated carbocycles. The van der Waals surface area contributed by atoms with Gasteiger partial charge in [0, 0.05) is 5.69 Å². The van der Waals surface area contributed by atoms with E-state index >= 15 is 0 Å². The Hall–Kier alpha value is -2.58. The molecule has 0 spiro atoms. The summed E-state index contributed by atoms with van der Waals surface area (Å²) in [5.74, 6) is -0.232. The Morgan fingerprint density at radius 3 is 2.81 bits per heavy atom. The van der Waals surface area contributed by atoms with Crippen molar-refractivity contribution in [1.29, 1.82) is 5.41 Å². The average molecular weight is 405 g/mol. The summed E-state index contributed by atoms with van der Waals surface area (Å²) in [7, 11) is 0. The van der Waals surface area contributed by atoms with Gasteiger partial charge in [-0.15, -0.1) is 11.3 Å². The predicted octanol–water partition coefficient (Wildman–Crippen LogP) is 3.07. The van der Waals surface area contributed by atoms with E-state index in [1.165, 1.54) is 11.3 Å². The molecular formula is C18H17ClN4O3S. The van der Waals surface area contributed by atoms with E-state index in [9.17, 15) is 4.79 Å². The number of nitrogens with zero attached hydrogens (tertiary/aromatic N) is 2. The Morgan fingerprint density at radius 1 is 1.33 bits per heavy atom. The quantitative estimate of drug-likeness (QED) is 0.801. The Balaban J connectivity index is 1.39. The normalized spacial score (nSPS) is 21.2. The summed E-state index contributed by atoms with van der Waals surface area (Å²) >= 11 is 7.11. The summed E-state index contributed by atoms with van der Waals surface area (Å²) in [5.41, 5.74) is 1.95. The van der Waals surface area contributed by atoms with Gasteiger partial charge in [0.15, 0.2) is 6.10 Å². The fraction of sp³-hybridized carbons (Fsp3) is 0.278. The van der Waals surface area contributed by atoms with E-state index in [1.54, 1.807) is 18.3 Å². The number of thiophene rings is 1. The number of oxime groups is 1. The molecule has 7 nitrogen and oxygen atoms in total. The first-order chi connectivity index (χ1) is 13.1. The number of halogens is 1. The maximum Gasteiger partial charge on any atom is 0.289 e. The van der Waals surface area contributed by atoms with Crippen LogP contribution < -0.4 is 10.2 Å². The molecule has 2 unspecified atom stereocenters. The lowest BCUT2D eigenvalue weighted by Crippen LogP contribution is -2.34.